The van der Waals surface area contributed by atoms with Crippen LogP contribution in [0.5, 0.6) is 5.75 Å². The molecule has 0 aliphatic rings. The maximum absolute atomic E-state index is 13.7. The van der Waals surface area contributed by atoms with Crippen molar-refractivity contribution in [1.82, 2.24) is 15.3 Å². The molecule has 2 N–H and O–H groups in total. The van der Waals surface area contributed by atoms with E-state index >= 15 is 0 Å². The van der Waals surface area contributed by atoms with Crippen LogP contribution in [-0.4, -0.2) is 23.0 Å². The van der Waals surface area contributed by atoms with Crippen LogP contribution in [0.2, 0.25) is 0 Å². The first-order chi connectivity index (χ1) is 16.2. The van der Waals surface area contributed by atoms with Crippen LogP contribution in [0.4, 0.5) is 17.6 Å². The third-order valence-electron chi connectivity index (χ3n) is 5.19. The topological polar surface area (TPSA) is 67.0 Å². The highest BCUT2D eigenvalue weighted by Crippen LogP contribution is 2.31. The fraction of sp³-hybridized carbons (Fsp3) is 0.120. The minimum Gasteiger partial charge on any atom is -0.497 e. The molecule has 1 heterocycles. The van der Waals surface area contributed by atoms with Crippen LogP contribution in [0.25, 0.3) is 22.6 Å². The average molecular weight is 469 g/mol. The van der Waals surface area contributed by atoms with E-state index in [4.69, 9.17) is 4.74 Å². The van der Waals surface area contributed by atoms with Gasteiger partial charge in [-0.2, -0.15) is 13.2 Å². The van der Waals surface area contributed by atoms with Crippen LogP contribution < -0.4 is 10.1 Å². The number of aromatic nitrogens is 2. The lowest BCUT2D eigenvalue weighted by Gasteiger charge is -2.10. The molecule has 0 radical (unpaired) electrons. The zero-order valence-corrected chi connectivity index (χ0v) is 17.9. The van der Waals surface area contributed by atoms with Crippen molar-refractivity contribution in [2.75, 3.05) is 7.11 Å². The van der Waals surface area contributed by atoms with Gasteiger partial charge in [-0.05, 0) is 53.6 Å². The predicted octanol–water partition coefficient (Wildman–Crippen LogP) is 5.84. The standard InChI is InChI=1S/C25H19F4N3O2/c1-34-19-9-6-16(7-10-19)22-14-30-23(32-22)17-4-2-15(3-5-17)13-31-24(33)18-8-11-20(21(26)12-18)25(27,28)29/h2-12,14H,13H2,1H3,(H,30,32)(H,31,33). The monoisotopic (exact) mass is 469 g/mol. The van der Waals surface area contributed by atoms with E-state index in [1.165, 1.54) is 0 Å². The molecule has 0 spiro atoms. The van der Waals surface area contributed by atoms with Gasteiger partial charge >= 0.3 is 6.18 Å². The van der Waals surface area contributed by atoms with Gasteiger partial charge in [0.1, 0.15) is 17.4 Å². The number of H-pyrrole nitrogens is 1. The largest absolute Gasteiger partial charge is 0.497 e. The van der Waals surface area contributed by atoms with E-state index in [0.29, 0.717) is 18.0 Å². The molecule has 174 valence electrons. The second-order valence-electron chi connectivity index (χ2n) is 7.45. The number of aromatic amines is 1. The fourth-order valence-corrected chi connectivity index (χ4v) is 3.34. The van der Waals surface area contributed by atoms with Gasteiger partial charge in [0.2, 0.25) is 0 Å². The number of benzene rings is 3. The lowest BCUT2D eigenvalue weighted by atomic mass is 10.1. The Bertz CT molecular complexity index is 1300. The van der Waals surface area contributed by atoms with Crippen molar-refractivity contribution in [3.63, 3.8) is 0 Å². The number of carbonyl (C=O) groups excluding carboxylic acids is 1. The summed E-state index contributed by atoms with van der Waals surface area (Å²) < 4.78 is 56.9. The molecule has 0 unspecified atom stereocenters. The first-order valence-electron chi connectivity index (χ1n) is 10.2. The molecule has 1 aromatic heterocycles. The molecule has 1 amide bonds. The molecular formula is C25H19F4N3O2. The Morgan fingerprint density at radius 3 is 2.29 bits per heavy atom. The van der Waals surface area contributed by atoms with E-state index in [-0.39, 0.29) is 12.1 Å². The predicted molar refractivity (Wildman–Crippen MR) is 119 cm³/mol. The number of alkyl halides is 3. The number of ether oxygens (including phenoxy) is 1. The van der Waals surface area contributed by atoms with Crippen molar-refractivity contribution in [1.29, 1.82) is 0 Å². The van der Waals surface area contributed by atoms with Gasteiger partial charge in [-0.3, -0.25) is 4.79 Å². The molecule has 5 nitrogen and oxygen atoms in total. The van der Waals surface area contributed by atoms with E-state index < -0.39 is 23.5 Å². The number of nitrogens with one attached hydrogen (secondary N) is 2. The summed E-state index contributed by atoms with van der Waals surface area (Å²) in [6.45, 7) is 0.122. The number of carbonyl (C=O) groups is 1. The van der Waals surface area contributed by atoms with Gasteiger partial charge in [0.05, 0.1) is 24.6 Å². The molecule has 4 rings (SSSR count). The normalized spacial score (nSPS) is 11.3. The molecule has 9 heteroatoms. The summed E-state index contributed by atoms with van der Waals surface area (Å²) in [5.41, 5.74) is 1.79. The van der Waals surface area contributed by atoms with Crippen LogP contribution >= 0.6 is 0 Å². The Hall–Kier alpha value is -4.14. The van der Waals surface area contributed by atoms with Crippen LogP contribution in [0.3, 0.4) is 0 Å². The lowest BCUT2D eigenvalue weighted by molar-refractivity contribution is -0.140. The van der Waals surface area contributed by atoms with Gasteiger partial charge < -0.3 is 15.0 Å². The van der Waals surface area contributed by atoms with Crippen molar-refractivity contribution < 1.29 is 27.1 Å². The SMILES string of the molecule is COc1ccc(-c2cnc(-c3ccc(CNC(=O)c4ccc(C(F)(F)F)c(F)c4)cc3)[nH]2)cc1. The minimum absolute atomic E-state index is 0.122. The quantitative estimate of drug-likeness (QED) is 0.349. The first kappa shape index (κ1) is 23.0. The summed E-state index contributed by atoms with van der Waals surface area (Å²) in [5, 5.41) is 2.57. The maximum atomic E-state index is 13.7. The molecule has 0 bridgehead atoms. The Kier molecular flexibility index (Phi) is 6.36. The number of amides is 1. The van der Waals surface area contributed by atoms with E-state index in [0.717, 1.165) is 34.2 Å². The van der Waals surface area contributed by atoms with Crippen LogP contribution in [0.1, 0.15) is 21.5 Å². The zero-order valence-electron chi connectivity index (χ0n) is 17.9. The Morgan fingerprint density at radius 1 is 1.00 bits per heavy atom. The number of rotatable bonds is 6. The molecule has 0 aliphatic carbocycles. The molecule has 4 aromatic rings. The van der Waals surface area contributed by atoms with Crippen LogP contribution in [0.15, 0.2) is 72.9 Å². The van der Waals surface area contributed by atoms with Gasteiger partial charge in [0, 0.05) is 17.7 Å². The summed E-state index contributed by atoms with van der Waals surface area (Å²) in [6.07, 6.45) is -3.08. The molecule has 0 aliphatic heterocycles. The molecule has 0 saturated carbocycles. The highest BCUT2D eigenvalue weighted by molar-refractivity contribution is 5.94. The zero-order chi connectivity index (χ0) is 24.3. The smallest absolute Gasteiger partial charge is 0.419 e. The molecule has 0 saturated heterocycles. The van der Waals surface area contributed by atoms with Crippen LogP contribution in [0, 0.1) is 5.82 Å². The second kappa shape index (κ2) is 9.38. The number of imidazole rings is 1. The highest BCUT2D eigenvalue weighted by atomic mass is 19.4. The Labute approximate surface area is 192 Å². The Balaban J connectivity index is 1.39. The van der Waals surface area contributed by atoms with Crippen molar-refractivity contribution in [2.24, 2.45) is 0 Å². The molecule has 34 heavy (non-hydrogen) atoms. The van der Waals surface area contributed by atoms with Gasteiger partial charge in [-0.25, -0.2) is 9.37 Å². The maximum Gasteiger partial charge on any atom is 0.419 e. The average Bonchev–Trinajstić information content (AvgIpc) is 3.32. The van der Waals surface area contributed by atoms with E-state index in [9.17, 15) is 22.4 Å². The number of methoxy groups -OCH3 is 1. The number of halogens is 4. The number of nitrogens with zero attached hydrogens (tertiary/aromatic N) is 1. The Morgan fingerprint density at radius 2 is 1.68 bits per heavy atom. The lowest BCUT2D eigenvalue weighted by Crippen LogP contribution is -2.23. The summed E-state index contributed by atoms with van der Waals surface area (Å²) >= 11 is 0. The second-order valence-corrected chi connectivity index (χ2v) is 7.45. The van der Waals surface area contributed by atoms with Gasteiger partial charge in [-0.1, -0.05) is 24.3 Å². The summed E-state index contributed by atoms with van der Waals surface area (Å²) in [4.78, 5) is 19.9. The van der Waals surface area contributed by atoms with Gasteiger partial charge in [0.25, 0.3) is 5.91 Å². The van der Waals surface area contributed by atoms with E-state index in [1.54, 1.807) is 25.4 Å². The van der Waals surface area contributed by atoms with E-state index in [1.807, 2.05) is 36.4 Å². The van der Waals surface area contributed by atoms with Crippen LogP contribution in [-0.2, 0) is 12.7 Å². The third-order valence-corrected chi connectivity index (χ3v) is 5.19. The molecule has 0 atom stereocenters. The minimum atomic E-state index is -4.82. The van der Waals surface area contributed by atoms with Crippen molar-refractivity contribution >= 4 is 5.91 Å². The van der Waals surface area contributed by atoms with Crippen molar-refractivity contribution in [3.8, 4) is 28.4 Å². The van der Waals surface area contributed by atoms with E-state index in [2.05, 4.69) is 15.3 Å². The first-order valence-corrected chi connectivity index (χ1v) is 10.2. The van der Waals surface area contributed by atoms with Crippen molar-refractivity contribution in [3.05, 3.63) is 95.4 Å². The molecule has 0 fully saturated rings. The fourth-order valence-electron chi connectivity index (χ4n) is 3.34. The number of hydrogen-bond acceptors (Lipinski definition) is 3. The number of hydrogen-bond donors (Lipinski definition) is 2. The summed E-state index contributed by atoms with van der Waals surface area (Å²) in [7, 11) is 1.60. The van der Waals surface area contributed by atoms with Gasteiger partial charge in [-0.15, -0.1) is 0 Å². The summed E-state index contributed by atoms with van der Waals surface area (Å²) in [5.74, 6) is -0.736. The highest BCUT2D eigenvalue weighted by Gasteiger charge is 2.34. The third kappa shape index (κ3) is 5.09. The molecular weight excluding hydrogens is 450 g/mol. The van der Waals surface area contributed by atoms with Gasteiger partial charge in [0.15, 0.2) is 0 Å². The van der Waals surface area contributed by atoms with Crippen molar-refractivity contribution in [2.45, 2.75) is 12.7 Å². The summed E-state index contributed by atoms with van der Waals surface area (Å²) in [6, 6.07) is 16.9. The molecule has 3 aromatic carbocycles.